The predicted molar refractivity (Wildman–Crippen MR) is 168 cm³/mol. The highest BCUT2D eigenvalue weighted by Gasteiger charge is 2.39. The van der Waals surface area contributed by atoms with Crippen molar-refractivity contribution in [1.82, 2.24) is 9.88 Å². The first-order valence-electron chi connectivity index (χ1n) is 14.3. The van der Waals surface area contributed by atoms with E-state index in [-0.39, 0.29) is 33.8 Å². The van der Waals surface area contributed by atoms with Crippen molar-refractivity contribution < 1.29 is 31.9 Å². The van der Waals surface area contributed by atoms with Gasteiger partial charge in [0, 0.05) is 41.1 Å². The van der Waals surface area contributed by atoms with Crippen LogP contribution in [0.25, 0.3) is 10.8 Å². The van der Waals surface area contributed by atoms with E-state index in [1.807, 2.05) is 0 Å². The Labute approximate surface area is 259 Å². The summed E-state index contributed by atoms with van der Waals surface area (Å²) in [4.78, 5) is 31.4. The first kappa shape index (κ1) is 31.6. The van der Waals surface area contributed by atoms with Gasteiger partial charge >= 0.3 is 6.09 Å². The van der Waals surface area contributed by atoms with E-state index in [2.05, 4.69) is 15.6 Å². The molecule has 0 radical (unpaired) electrons. The molecule has 1 saturated heterocycles. The monoisotopic (exact) mass is 637 g/mol. The lowest BCUT2D eigenvalue weighted by molar-refractivity contribution is -0.133. The quantitative estimate of drug-likeness (QED) is 0.178. The molecule has 5 rings (SSSR count). The lowest BCUT2D eigenvalue weighted by Crippen LogP contribution is -2.38. The third-order valence-electron chi connectivity index (χ3n) is 8.03. The summed E-state index contributed by atoms with van der Waals surface area (Å²) >= 11 is 0. The smallest absolute Gasteiger partial charge is 0.409 e. The van der Waals surface area contributed by atoms with Gasteiger partial charge in [0.05, 0.1) is 16.2 Å². The number of amides is 2. The molecule has 1 aliphatic heterocycles. The lowest BCUT2D eigenvalue weighted by atomic mass is 9.99. The summed E-state index contributed by atoms with van der Waals surface area (Å²) in [6, 6.07) is 10.9. The molecule has 3 aromatic carbocycles. The summed E-state index contributed by atoms with van der Waals surface area (Å²) < 4.78 is 56.6. The molecule has 236 valence electrons. The third kappa shape index (κ3) is 6.25. The fourth-order valence-corrected chi connectivity index (χ4v) is 6.96. The molecule has 1 aromatic heterocycles. The minimum atomic E-state index is -3.85. The Balaban J connectivity index is 1.61. The minimum absolute atomic E-state index is 0.0211. The number of fused-ring (bicyclic) bond motifs is 1. The number of nitrogen functional groups attached to an aromatic ring is 1. The minimum Gasteiger partial charge on any atom is -0.465 e. The lowest BCUT2D eigenvalue weighted by Gasteiger charge is -2.32. The van der Waals surface area contributed by atoms with Crippen molar-refractivity contribution in [3.05, 3.63) is 89.1 Å². The van der Waals surface area contributed by atoms with Crippen LogP contribution in [0.1, 0.15) is 55.5 Å². The second-order valence-electron chi connectivity index (χ2n) is 11.3. The second kappa shape index (κ2) is 12.3. The molecule has 0 aliphatic carbocycles. The summed E-state index contributed by atoms with van der Waals surface area (Å²) in [5.74, 6) is -1.94. The maximum Gasteiger partial charge on any atom is 0.409 e. The summed E-state index contributed by atoms with van der Waals surface area (Å²) in [6.07, 6.45) is 1.09. The van der Waals surface area contributed by atoms with Gasteiger partial charge in [-0.05, 0) is 98.7 Å². The number of carbonyl (C=O) groups is 2. The fraction of sp³-hybridized carbons (Fsp3) is 0.281. The van der Waals surface area contributed by atoms with Gasteiger partial charge in [0.15, 0.2) is 9.84 Å². The first-order valence-corrected chi connectivity index (χ1v) is 15.9. The number of halogens is 2. The summed E-state index contributed by atoms with van der Waals surface area (Å²) in [5.41, 5.74) is 6.89. The zero-order valence-corrected chi connectivity index (χ0v) is 25.7. The largest absolute Gasteiger partial charge is 0.465 e. The average Bonchev–Trinajstić information content (AvgIpc) is 3.47. The van der Waals surface area contributed by atoms with E-state index in [1.165, 1.54) is 56.1 Å². The molecular weight excluding hydrogens is 604 g/mol. The second-order valence-corrected chi connectivity index (χ2v) is 13.8. The molecule has 45 heavy (non-hydrogen) atoms. The third-order valence-corrected chi connectivity index (χ3v) is 10.3. The highest BCUT2D eigenvalue weighted by molar-refractivity contribution is 7.92. The number of rotatable bonds is 8. The molecule has 0 saturated carbocycles. The Morgan fingerprint density at radius 3 is 2.49 bits per heavy atom. The zero-order valence-electron chi connectivity index (χ0n) is 24.8. The van der Waals surface area contributed by atoms with E-state index in [0.29, 0.717) is 29.7 Å². The Morgan fingerprint density at radius 2 is 1.78 bits per heavy atom. The van der Waals surface area contributed by atoms with Crippen molar-refractivity contribution >= 4 is 49.8 Å². The number of sulfone groups is 1. The van der Waals surface area contributed by atoms with E-state index in [9.17, 15) is 27.5 Å². The van der Waals surface area contributed by atoms with Gasteiger partial charge in [-0.3, -0.25) is 10.1 Å². The zero-order chi connectivity index (χ0) is 32.6. The van der Waals surface area contributed by atoms with Gasteiger partial charge in [-0.15, -0.1) is 0 Å². The average molecular weight is 638 g/mol. The number of nitrogens with zero attached hydrogens (tertiary/aromatic N) is 2. The van der Waals surface area contributed by atoms with E-state index in [0.717, 1.165) is 11.5 Å². The summed E-state index contributed by atoms with van der Waals surface area (Å²) in [7, 11) is -3.85. The standard InChI is InChI=1S/C32H33F2N5O5S/c1-17(2)45(43,44)28-9-7-21(38-32(41)42)15-24(28)27-5-4-12-39(27)31(40)29(23-13-18(3)25(33)16-26(23)34)37-20-6-8-22-19(14-20)10-11-36-30(22)35/h6-11,13-17,27,29,37-38H,4-5,12H2,1-3H3,(H2,35,36)(H,41,42)/t27-,29-/m1/s1. The highest BCUT2D eigenvalue weighted by Crippen LogP contribution is 2.40. The summed E-state index contributed by atoms with van der Waals surface area (Å²) in [5, 5.41) is 15.3. The Bertz CT molecular complexity index is 1920. The van der Waals surface area contributed by atoms with Crippen molar-refractivity contribution in [3.8, 4) is 0 Å². The number of nitrogens with two attached hydrogens (primary N) is 1. The molecule has 2 amide bonds. The molecule has 0 spiro atoms. The number of hydrogen-bond donors (Lipinski definition) is 4. The molecular formula is C32H33F2N5O5S. The predicted octanol–water partition coefficient (Wildman–Crippen LogP) is 6.19. The van der Waals surface area contributed by atoms with Gasteiger partial charge in [0.2, 0.25) is 5.91 Å². The van der Waals surface area contributed by atoms with E-state index < -0.39 is 50.8 Å². The van der Waals surface area contributed by atoms with Crippen molar-refractivity contribution in [2.24, 2.45) is 0 Å². The molecule has 2 heterocycles. The highest BCUT2D eigenvalue weighted by atomic mass is 32.2. The number of likely N-dealkylation sites (tertiary alicyclic amines) is 1. The maximum atomic E-state index is 15.4. The Hall–Kier alpha value is -4.78. The number of hydrogen-bond acceptors (Lipinski definition) is 7. The molecule has 1 fully saturated rings. The number of carbonyl (C=O) groups excluding carboxylic acids is 1. The number of anilines is 3. The number of pyridine rings is 1. The molecule has 0 unspecified atom stereocenters. The molecule has 5 N–H and O–H groups in total. The number of benzene rings is 3. The van der Waals surface area contributed by atoms with Crippen LogP contribution in [-0.4, -0.2) is 47.2 Å². The molecule has 0 bridgehead atoms. The van der Waals surface area contributed by atoms with E-state index in [1.54, 1.807) is 24.3 Å². The number of aryl methyl sites for hydroxylation is 1. The first-order chi connectivity index (χ1) is 21.3. The molecule has 10 nitrogen and oxygen atoms in total. The van der Waals surface area contributed by atoms with Gasteiger partial charge in [-0.1, -0.05) is 0 Å². The van der Waals surface area contributed by atoms with Gasteiger partial charge in [-0.2, -0.15) is 0 Å². The van der Waals surface area contributed by atoms with Crippen LogP contribution in [0.2, 0.25) is 0 Å². The van der Waals surface area contributed by atoms with Crippen LogP contribution < -0.4 is 16.4 Å². The van der Waals surface area contributed by atoms with Crippen molar-refractivity contribution in [2.45, 2.75) is 55.8 Å². The topological polar surface area (TPSA) is 155 Å². The SMILES string of the molecule is Cc1cc([C@@H](Nc2ccc3c(N)nccc3c2)C(=O)N2CCC[C@@H]2c2cc(NC(=O)O)ccc2S(=O)(=O)C(C)C)c(F)cc1F. The molecule has 2 atom stereocenters. The summed E-state index contributed by atoms with van der Waals surface area (Å²) in [6.45, 7) is 4.76. The van der Waals surface area contributed by atoms with Crippen molar-refractivity contribution in [3.63, 3.8) is 0 Å². The van der Waals surface area contributed by atoms with Crippen LogP contribution in [0.4, 0.5) is 30.8 Å². The number of nitrogens with one attached hydrogen (secondary N) is 2. The Kier molecular flexibility index (Phi) is 8.66. The number of aromatic nitrogens is 1. The number of carboxylic acid groups (broad SMARTS) is 1. The van der Waals surface area contributed by atoms with Crippen LogP contribution in [0.3, 0.4) is 0 Å². The molecule has 4 aromatic rings. The fourth-order valence-electron chi connectivity index (χ4n) is 5.67. The Morgan fingerprint density at radius 1 is 1.04 bits per heavy atom. The van der Waals surface area contributed by atoms with Crippen LogP contribution in [0, 0.1) is 18.6 Å². The van der Waals surface area contributed by atoms with Crippen LogP contribution in [0.5, 0.6) is 0 Å². The van der Waals surface area contributed by atoms with Gasteiger partial charge < -0.3 is 21.1 Å². The van der Waals surface area contributed by atoms with Gasteiger partial charge in [0.25, 0.3) is 0 Å². The van der Waals surface area contributed by atoms with Gasteiger partial charge in [0.1, 0.15) is 23.5 Å². The van der Waals surface area contributed by atoms with Crippen LogP contribution >= 0.6 is 0 Å². The van der Waals surface area contributed by atoms with Crippen molar-refractivity contribution in [1.29, 1.82) is 0 Å². The molecule has 1 aliphatic rings. The van der Waals surface area contributed by atoms with E-state index >= 15 is 4.39 Å². The molecule has 13 heteroatoms. The maximum absolute atomic E-state index is 15.4. The van der Waals surface area contributed by atoms with Crippen LogP contribution in [-0.2, 0) is 14.6 Å². The van der Waals surface area contributed by atoms with Crippen molar-refractivity contribution in [2.75, 3.05) is 22.9 Å². The normalized spacial score (nSPS) is 15.8. The van der Waals surface area contributed by atoms with Gasteiger partial charge in [-0.25, -0.2) is 27.0 Å². The van der Waals surface area contributed by atoms with Crippen LogP contribution in [0.15, 0.2) is 65.7 Å². The van der Waals surface area contributed by atoms with E-state index in [4.69, 9.17) is 5.73 Å².